The number of aromatic nitrogens is 6. The molecule has 0 saturated heterocycles. The maximum atomic E-state index is 4.84. The van der Waals surface area contributed by atoms with Gasteiger partial charge in [0.15, 0.2) is 0 Å². The van der Waals surface area contributed by atoms with Gasteiger partial charge in [0.05, 0.1) is 23.4 Å². The van der Waals surface area contributed by atoms with Crippen molar-refractivity contribution in [3.05, 3.63) is 99.3 Å². The van der Waals surface area contributed by atoms with Crippen LogP contribution in [0.25, 0.3) is 0 Å². The standard InChI is InChI=1S/2C7H11N.2C6H9NO.C6H9NS.C5H8N2S/c2*1-6(2)7-4-3-5-8-7;1-5(2)6-3-4-8-7-6;1-5(2)6-3-4-7-8-6;1-5(2)6-7-3-4-8-6;1-4(2)5-7-6-3-8-5/h3-4,6H,5H2,1-2H3;3-6,8H,1-2H3;3*3-5H,1-2H3;3-4H,1-2H3. The molecular weight excluding hydrogens is 639 g/mol. The smallest absolute Gasteiger partial charge is 0.139 e. The number of rotatable bonds is 6. The topological polar surface area (TPSA) is 119 Å². The first-order valence-corrected chi connectivity index (χ1v) is 18.4. The van der Waals surface area contributed by atoms with Crippen LogP contribution in [0.15, 0.2) is 86.2 Å². The van der Waals surface area contributed by atoms with Crippen molar-refractivity contribution in [1.82, 2.24) is 30.5 Å². The molecule has 0 unspecified atom stereocenters. The van der Waals surface area contributed by atoms with E-state index in [1.54, 1.807) is 40.6 Å². The molecule has 5 aromatic heterocycles. The monoisotopic (exact) mass is 695 g/mol. The summed E-state index contributed by atoms with van der Waals surface area (Å²) in [6, 6.07) is 7.88. The van der Waals surface area contributed by atoms with Crippen LogP contribution in [0.4, 0.5) is 0 Å². The molecule has 9 nitrogen and oxygen atoms in total. The lowest BCUT2D eigenvalue weighted by Gasteiger charge is -1.98. The average Bonchev–Trinajstić information content (AvgIpc) is 3.91. The zero-order valence-electron chi connectivity index (χ0n) is 30.9. The third kappa shape index (κ3) is 18.6. The van der Waals surface area contributed by atoms with Gasteiger partial charge in [-0.3, -0.25) is 4.99 Å². The van der Waals surface area contributed by atoms with Crippen molar-refractivity contribution in [3.8, 4) is 0 Å². The summed E-state index contributed by atoms with van der Waals surface area (Å²) in [6.45, 7) is 26.4. The van der Waals surface area contributed by atoms with E-state index in [1.165, 1.54) is 16.4 Å². The Bertz CT molecular complexity index is 1210. The number of hydrogen-bond acceptors (Lipinski definition) is 10. The number of aromatic amines is 1. The maximum absolute atomic E-state index is 4.84. The molecule has 0 bridgehead atoms. The third-order valence-electron chi connectivity index (χ3n) is 6.40. The van der Waals surface area contributed by atoms with Crippen LogP contribution in [0.3, 0.4) is 0 Å². The van der Waals surface area contributed by atoms with Crippen LogP contribution in [0.5, 0.6) is 0 Å². The molecule has 6 heterocycles. The van der Waals surface area contributed by atoms with Crippen molar-refractivity contribution in [2.24, 2.45) is 10.9 Å². The molecule has 0 atom stereocenters. The first-order chi connectivity index (χ1) is 22.8. The number of H-pyrrole nitrogens is 1. The molecule has 0 spiro atoms. The number of hydrogen-bond donors (Lipinski definition) is 1. The van der Waals surface area contributed by atoms with Gasteiger partial charge in [-0.15, -0.1) is 32.9 Å². The Labute approximate surface area is 296 Å². The molecule has 5 aromatic rings. The number of thiazole rings is 1. The number of aliphatic imine (C=N–C) groups is 1. The van der Waals surface area contributed by atoms with Crippen LogP contribution in [-0.2, 0) is 0 Å². The maximum Gasteiger partial charge on any atom is 0.139 e. The lowest BCUT2D eigenvalue weighted by Crippen LogP contribution is -2.00. The number of allylic oxidation sites excluding steroid dienone is 1. The van der Waals surface area contributed by atoms with E-state index in [4.69, 9.17) is 4.52 Å². The van der Waals surface area contributed by atoms with Gasteiger partial charge < -0.3 is 14.0 Å². The fourth-order valence-electron chi connectivity index (χ4n) is 3.46. The highest BCUT2D eigenvalue weighted by atomic mass is 32.1. The average molecular weight is 696 g/mol. The van der Waals surface area contributed by atoms with Crippen molar-refractivity contribution < 1.29 is 9.05 Å². The molecule has 0 aliphatic carbocycles. The lowest BCUT2D eigenvalue weighted by molar-refractivity contribution is 0.371. The highest BCUT2D eigenvalue weighted by Gasteiger charge is 2.03. The minimum absolute atomic E-state index is 0.456. The van der Waals surface area contributed by atoms with Gasteiger partial charge in [0.1, 0.15) is 22.5 Å². The summed E-state index contributed by atoms with van der Waals surface area (Å²) in [5, 5.41) is 19.3. The molecule has 1 aliphatic rings. The van der Waals surface area contributed by atoms with Crippen LogP contribution in [0, 0.1) is 5.92 Å². The van der Waals surface area contributed by atoms with Crippen LogP contribution in [0.2, 0.25) is 0 Å². The van der Waals surface area contributed by atoms with E-state index < -0.39 is 0 Å². The summed E-state index contributed by atoms with van der Waals surface area (Å²) in [7, 11) is 0. The highest BCUT2D eigenvalue weighted by molar-refractivity contribution is 7.09. The van der Waals surface area contributed by atoms with Crippen molar-refractivity contribution >= 4 is 28.4 Å². The van der Waals surface area contributed by atoms with Gasteiger partial charge in [-0.1, -0.05) is 99.5 Å². The molecule has 1 N–H and O–H groups in total. The number of nitrogens with one attached hydrogen (secondary N) is 1. The second-order valence-electron chi connectivity index (χ2n) is 12.7. The molecule has 0 fully saturated rings. The van der Waals surface area contributed by atoms with Gasteiger partial charge in [-0.2, -0.15) is 0 Å². The lowest BCUT2D eigenvalue weighted by atomic mass is 10.1. The van der Waals surface area contributed by atoms with Gasteiger partial charge in [0.25, 0.3) is 0 Å². The molecule has 0 radical (unpaired) electrons. The second-order valence-corrected chi connectivity index (χ2v) is 14.5. The minimum Gasteiger partial charge on any atom is -0.365 e. The third-order valence-corrected chi connectivity index (χ3v) is 8.47. The molecule has 0 aromatic carbocycles. The van der Waals surface area contributed by atoms with E-state index >= 15 is 0 Å². The fraction of sp³-hybridized carbons (Fsp3) is 0.514. The molecule has 264 valence electrons. The summed E-state index contributed by atoms with van der Waals surface area (Å²) >= 11 is 3.33. The summed E-state index contributed by atoms with van der Waals surface area (Å²) in [4.78, 5) is 11.5. The van der Waals surface area contributed by atoms with E-state index in [1.807, 2.05) is 36.0 Å². The van der Waals surface area contributed by atoms with Crippen LogP contribution in [-0.4, -0.2) is 42.7 Å². The van der Waals surface area contributed by atoms with Crippen LogP contribution < -0.4 is 0 Å². The van der Waals surface area contributed by atoms with E-state index in [-0.39, 0.29) is 0 Å². The fourth-order valence-corrected chi connectivity index (χ4v) is 4.68. The van der Waals surface area contributed by atoms with Crippen LogP contribution in [0.1, 0.15) is 140 Å². The van der Waals surface area contributed by atoms with Crippen molar-refractivity contribution in [1.29, 1.82) is 0 Å². The van der Waals surface area contributed by atoms with Crippen molar-refractivity contribution in [2.75, 3.05) is 6.54 Å². The molecule has 0 saturated carbocycles. The number of nitrogens with zero attached hydrogens (tertiary/aromatic N) is 6. The van der Waals surface area contributed by atoms with Gasteiger partial charge in [-0.05, 0) is 36.0 Å². The van der Waals surface area contributed by atoms with E-state index in [9.17, 15) is 0 Å². The Balaban J connectivity index is 0.000000288. The normalized spacial score (nSPS) is 11.6. The molecule has 1 aliphatic heterocycles. The largest absolute Gasteiger partial charge is 0.365 e. The van der Waals surface area contributed by atoms with Gasteiger partial charge in [-0.25, -0.2) is 4.98 Å². The molecule has 48 heavy (non-hydrogen) atoms. The first kappa shape index (κ1) is 42.3. The summed E-state index contributed by atoms with van der Waals surface area (Å²) in [5.74, 6) is 4.24. The van der Waals surface area contributed by atoms with Crippen molar-refractivity contribution in [3.63, 3.8) is 0 Å². The van der Waals surface area contributed by atoms with Crippen LogP contribution >= 0.6 is 22.7 Å². The summed E-state index contributed by atoms with van der Waals surface area (Å²) < 4.78 is 9.47. The molecular formula is C37H57N7O2S2. The van der Waals surface area contributed by atoms with Gasteiger partial charge >= 0.3 is 0 Å². The minimum atomic E-state index is 0.456. The van der Waals surface area contributed by atoms with E-state index in [0.29, 0.717) is 35.5 Å². The van der Waals surface area contributed by atoms with Crippen molar-refractivity contribution in [2.45, 2.75) is 113 Å². The van der Waals surface area contributed by atoms with Gasteiger partial charge in [0.2, 0.25) is 0 Å². The predicted octanol–water partition coefficient (Wildman–Crippen LogP) is 11.3. The zero-order chi connectivity index (χ0) is 35.9. The highest BCUT2D eigenvalue weighted by Crippen LogP contribution is 2.16. The second kappa shape index (κ2) is 24.4. The quantitative estimate of drug-likeness (QED) is 0.188. The van der Waals surface area contributed by atoms with E-state index in [0.717, 1.165) is 23.0 Å². The predicted molar refractivity (Wildman–Crippen MR) is 203 cm³/mol. The summed E-state index contributed by atoms with van der Waals surface area (Å²) in [6.07, 6.45) is 11.2. The SMILES string of the molecule is CC(C)C1=NCC=C1.CC(C)c1ccc[nH]1.CC(C)c1ccno1.CC(C)c1ccon1.CC(C)c1nccs1.CC(C)c1nncs1. The molecule has 11 heteroatoms. The Morgan fingerprint density at radius 3 is 1.73 bits per heavy atom. The first-order valence-electron chi connectivity index (χ1n) is 16.6. The summed E-state index contributed by atoms with van der Waals surface area (Å²) in [5.41, 5.74) is 5.33. The Hall–Kier alpha value is -3.70. The van der Waals surface area contributed by atoms with E-state index in [2.05, 4.69) is 141 Å². The Kier molecular flexibility index (Phi) is 21.6. The Morgan fingerprint density at radius 1 is 0.750 bits per heavy atom. The zero-order valence-corrected chi connectivity index (χ0v) is 32.5. The molecule has 6 rings (SSSR count). The Morgan fingerprint density at radius 2 is 1.48 bits per heavy atom. The van der Waals surface area contributed by atoms with Gasteiger partial charge in [0, 0.05) is 59.1 Å². The molecule has 0 amide bonds.